The molecule has 2 N–H and O–H groups in total. The summed E-state index contributed by atoms with van der Waals surface area (Å²) in [4.78, 5) is 34.8. The summed E-state index contributed by atoms with van der Waals surface area (Å²) in [7, 11) is 0. The number of esters is 1. The number of aliphatic carboxylic acids is 1. The summed E-state index contributed by atoms with van der Waals surface area (Å²) in [6.45, 7) is 9.35. The van der Waals surface area contributed by atoms with Crippen molar-refractivity contribution >= 4 is 17.8 Å². The van der Waals surface area contributed by atoms with Crippen LogP contribution in [-0.4, -0.2) is 46.1 Å². The third kappa shape index (κ3) is 6.81. The average molecular weight is 326 g/mol. The number of amides is 1. The number of rotatable bonds is 6. The smallest absolute Gasteiger partial charge is 0.330 e. The van der Waals surface area contributed by atoms with Crippen molar-refractivity contribution in [3.05, 3.63) is 12.2 Å². The molecule has 7 heteroatoms. The van der Waals surface area contributed by atoms with Gasteiger partial charge in [-0.05, 0) is 46.5 Å². The van der Waals surface area contributed by atoms with E-state index in [1.54, 1.807) is 20.8 Å². The normalized spacial score (nSPS) is 18.4. The molecule has 0 spiro atoms. The zero-order chi connectivity index (χ0) is 17.6. The Bertz CT molecular complexity index is 481. The minimum absolute atomic E-state index is 0.0936. The van der Waals surface area contributed by atoms with Gasteiger partial charge in [0, 0.05) is 18.5 Å². The topological polar surface area (TPSA) is 95.9 Å². The molecule has 1 amide bonds. The van der Waals surface area contributed by atoms with Crippen LogP contribution in [0.25, 0.3) is 0 Å². The first kappa shape index (κ1) is 19.2. The molecule has 1 fully saturated rings. The molecule has 0 aromatic rings. The molecule has 1 atom stereocenters. The van der Waals surface area contributed by atoms with Gasteiger partial charge in [-0.1, -0.05) is 6.58 Å². The summed E-state index contributed by atoms with van der Waals surface area (Å²) in [5.74, 6) is -1.57. The molecule has 0 aromatic carbocycles. The second-order valence-electron chi connectivity index (χ2n) is 6.67. The van der Waals surface area contributed by atoms with Gasteiger partial charge in [0.05, 0.1) is 0 Å². The maximum absolute atomic E-state index is 12.1. The fourth-order valence-electron chi connectivity index (χ4n) is 2.21. The molecule has 0 saturated carbocycles. The molecular formula is C16H26N2O5. The molecule has 0 radical (unpaired) electrons. The van der Waals surface area contributed by atoms with Crippen molar-refractivity contribution < 1.29 is 24.2 Å². The Hall–Kier alpha value is -1.89. The van der Waals surface area contributed by atoms with Crippen LogP contribution in [0.15, 0.2) is 12.2 Å². The molecule has 1 saturated heterocycles. The van der Waals surface area contributed by atoms with Gasteiger partial charge in [0.15, 0.2) is 0 Å². The van der Waals surface area contributed by atoms with Crippen molar-refractivity contribution in [2.45, 2.75) is 64.5 Å². The molecular weight excluding hydrogens is 300 g/mol. The van der Waals surface area contributed by atoms with Gasteiger partial charge in [0.1, 0.15) is 11.6 Å². The third-order valence-electron chi connectivity index (χ3n) is 3.35. The highest BCUT2D eigenvalue weighted by molar-refractivity contribution is 5.85. The zero-order valence-electron chi connectivity index (χ0n) is 14.1. The van der Waals surface area contributed by atoms with Gasteiger partial charge in [0.25, 0.3) is 0 Å². The van der Waals surface area contributed by atoms with E-state index in [0.29, 0.717) is 25.8 Å². The van der Waals surface area contributed by atoms with Crippen LogP contribution >= 0.6 is 0 Å². The molecule has 0 unspecified atom stereocenters. The molecule has 1 heterocycles. The van der Waals surface area contributed by atoms with Crippen LogP contribution in [-0.2, 0) is 19.1 Å². The van der Waals surface area contributed by atoms with Gasteiger partial charge < -0.3 is 9.84 Å². The number of carbonyl (C=O) groups is 3. The van der Waals surface area contributed by atoms with Gasteiger partial charge in [-0.15, -0.1) is 0 Å². The Morgan fingerprint density at radius 2 is 1.96 bits per heavy atom. The Balaban J connectivity index is 2.45. The highest BCUT2D eigenvalue weighted by atomic mass is 16.6. The number of hydrazine groups is 1. The lowest BCUT2D eigenvalue weighted by atomic mass is 10.1. The zero-order valence-corrected chi connectivity index (χ0v) is 14.1. The van der Waals surface area contributed by atoms with Crippen molar-refractivity contribution in [1.82, 2.24) is 10.4 Å². The number of hydrogen-bond acceptors (Lipinski definition) is 5. The van der Waals surface area contributed by atoms with E-state index in [1.165, 1.54) is 5.01 Å². The predicted octanol–water partition coefficient (Wildman–Crippen LogP) is 1.63. The Morgan fingerprint density at radius 3 is 2.52 bits per heavy atom. The third-order valence-corrected chi connectivity index (χ3v) is 3.35. The number of nitrogens with one attached hydrogen (secondary N) is 1. The van der Waals surface area contributed by atoms with Gasteiger partial charge in [0.2, 0.25) is 5.91 Å². The van der Waals surface area contributed by atoms with Crippen molar-refractivity contribution in [3.8, 4) is 0 Å². The van der Waals surface area contributed by atoms with E-state index in [4.69, 9.17) is 9.84 Å². The Morgan fingerprint density at radius 1 is 1.30 bits per heavy atom. The summed E-state index contributed by atoms with van der Waals surface area (Å²) in [6, 6.07) is -0.527. The summed E-state index contributed by atoms with van der Waals surface area (Å²) >= 11 is 0. The van der Waals surface area contributed by atoms with Crippen LogP contribution < -0.4 is 5.43 Å². The van der Waals surface area contributed by atoms with Crippen LogP contribution in [0.1, 0.15) is 52.9 Å². The molecule has 0 aromatic heterocycles. The fourth-order valence-corrected chi connectivity index (χ4v) is 2.21. The number of ether oxygens (including phenoxy) is 1. The van der Waals surface area contributed by atoms with Gasteiger partial charge in [-0.25, -0.2) is 10.2 Å². The first-order chi connectivity index (χ1) is 10.6. The first-order valence-corrected chi connectivity index (χ1v) is 7.80. The number of hydrogen-bond donors (Lipinski definition) is 2. The van der Waals surface area contributed by atoms with E-state index < -0.39 is 17.6 Å². The lowest BCUT2D eigenvalue weighted by Gasteiger charge is -2.34. The van der Waals surface area contributed by atoms with Crippen LogP contribution in [0, 0.1) is 0 Å². The lowest BCUT2D eigenvalue weighted by Crippen LogP contribution is -2.56. The van der Waals surface area contributed by atoms with Crippen LogP contribution in [0.3, 0.4) is 0 Å². The van der Waals surface area contributed by atoms with Gasteiger partial charge >= 0.3 is 11.9 Å². The molecule has 1 aliphatic heterocycles. The first-order valence-electron chi connectivity index (χ1n) is 7.80. The van der Waals surface area contributed by atoms with Crippen LogP contribution in [0.4, 0.5) is 0 Å². The number of carboxylic acids is 1. The summed E-state index contributed by atoms with van der Waals surface area (Å²) < 4.78 is 5.33. The van der Waals surface area contributed by atoms with E-state index in [-0.39, 0.29) is 30.3 Å². The Labute approximate surface area is 136 Å². The van der Waals surface area contributed by atoms with Crippen molar-refractivity contribution in [2.75, 3.05) is 6.54 Å². The molecule has 0 bridgehead atoms. The summed E-state index contributed by atoms with van der Waals surface area (Å²) in [5, 5.41) is 10.2. The van der Waals surface area contributed by atoms with E-state index in [0.717, 1.165) is 0 Å². The van der Waals surface area contributed by atoms with Crippen molar-refractivity contribution in [3.63, 3.8) is 0 Å². The lowest BCUT2D eigenvalue weighted by molar-refractivity contribution is -0.161. The number of carboxylic acid groups (broad SMARTS) is 1. The second-order valence-corrected chi connectivity index (χ2v) is 6.67. The number of nitrogens with zero attached hydrogens (tertiary/aromatic N) is 1. The van der Waals surface area contributed by atoms with E-state index in [9.17, 15) is 14.4 Å². The van der Waals surface area contributed by atoms with Crippen LogP contribution in [0.5, 0.6) is 0 Å². The van der Waals surface area contributed by atoms with Gasteiger partial charge in [-0.3, -0.25) is 14.6 Å². The highest BCUT2D eigenvalue weighted by Crippen LogP contribution is 2.15. The summed E-state index contributed by atoms with van der Waals surface area (Å²) in [5.41, 5.74) is 2.43. The Kier molecular flexibility index (Phi) is 6.75. The van der Waals surface area contributed by atoms with Crippen LogP contribution in [0.2, 0.25) is 0 Å². The monoisotopic (exact) mass is 326 g/mol. The summed E-state index contributed by atoms with van der Waals surface area (Å²) in [6.07, 6.45) is 2.23. The molecule has 0 aliphatic carbocycles. The van der Waals surface area contributed by atoms with Gasteiger partial charge in [-0.2, -0.15) is 0 Å². The fraction of sp³-hybridized carbons (Fsp3) is 0.688. The van der Waals surface area contributed by atoms with Crippen molar-refractivity contribution in [1.29, 1.82) is 0 Å². The van der Waals surface area contributed by atoms with E-state index >= 15 is 0 Å². The quantitative estimate of drug-likeness (QED) is 0.569. The number of carbonyl (C=O) groups excluding carboxylic acids is 2. The highest BCUT2D eigenvalue weighted by Gasteiger charge is 2.31. The second kappa shape index (κ2) is 8.10. The minimum atomic E-state index is -1.04. The minimum Gasteiger partial charge on any atom is -0.478 e. The predicted molar refractivity (Wildman–Crippen MR) is 84.3 cm³/mol. The molecule has 1 aliphatic rings. The average Bonchev–Trinajstić information content (AvgIpc) is 2.45. The standard InChI is InChI=1S/C16H26N2O5/c1-11(14(20)21)7-5-9-13(19)18-10-6-8-12(17-18)15(22)23-16(2,3)4/h12,17H,1,5-10H2,2-4H3,(H,20,21)/t12-/m0/s1. The largest absolute Gasteiger partial charge is 0.478 e. The molecule has 23 heavy (non-hydrogen) atoms. The maximum Gasteiger partial charge on any atom is 0.330 e. The molecule has 130 valence electrons. The SMILES string of the molecule is C=C(CCCC(=O)N1CCC[C@@H](C(=O)OC(C)(C)C)N1)C(=O)O. The molecule has 7 nitrogen and oxygen atoms in total. The van der Waals surface area contributed by atoms with E-state index in [1.807, 2.05) is 0 Å². The van der Waals surface area contributed by atoms with Crippen molar-refractivity contribution in [2.24, 2.45) is 0 Å². The van der Waals surface area contributed by atoms with E-state index in [2.05, 4.69) is 12.0 Å². The molecule has 1 rings (SSSR count). The maximum atomic E-state index is 12.1.